The van der Waals surface area contributed by atoms with E-state index in [0.717, 1.165) is 10.9 Å². The van der Waals surface area contributed by atoms with Gasteiger partial charge in [-0.2, -0.15) is 0 Å². The largest absolute Gasteiger partial charge is 0.388 e. The van der Waals surface area contributed by atoms with Crippen molar-refractivity contribution in [2.45, 2.75) is 18.2 Å². The molecular formula is C16H20N2O4. The Morgan fingerprint density at radius 2 is 2.18 bits per heavy atom. The third-order valence-corrected chi connectivity index (χ3v) is 4.29. The number of likely N-dealkylation sites (N-methyl/N-ethyl adjacent to an activating group) is 1. The van der Waals surface area contributed by atoms with E-state index in [1.165, 1.54) is 12.0 Å². The molecule has 2 N–H and O–H groups in total. The van der Waals surface area contributed by atoms with E-state index in [0.29, 0.717) is 18.8 Å². The van der Waals surface area contributed by atoms with Crippen LogP contribution in [-0.4, -0.2) is 66.5 Å². The number of nitrogens with zero attached hydrogens (tertiary/aromatic N) is 1. The molecule has 1 aromatic heterocycles. The van der Waals surface area contributed by atoms with Crippen molar-refractivity contribution in [1.82, 2.24) is 9.88 Å². The number of ether oxygens (including phenoxy) is 2. The van der Waals surface area contributed by atoms with Crippen LogP contribution >= 0.6 is 0 Å². The van der Waals surface area contributed by atoms with Crippen molar-refractivity contribution in [3.63, 3.8) is 0 Å². The number of nitrogens with one attached hydrogen (secondary N) is 1. The average Bonchev–Trinajstić information content (AvgIpc) is 2.98. The van der Waals surface area contributed by atoms with Crippen LogP contribution in [0.2, 0.25) is 0 Å². The molecule has 1 aliphatic heterocycles. The Morgan fingerprint density at radius 1 is 1.41 bits per heavy atom. The SMILES string of the molecule is CO[C@@H]1COC[C@@H](N(C)C(=O)c2c[nH]c3ccccc23)[C@@H]1O. The van der Waals surface area contributed by atoms with E-state index in [2.05, 4.69) is 4.98 Å². The molecule has 0 saturated carbocycles. The molecule has 2 aromatic rings. The van der Waals surface area contributed by atoms with Crippen molar-refractivity contribution >= 4 is 16.8 Å². The minimum Gasteiger partial charge on any atom is -0.388 e. The number of methoxy groups -OCH3 is 1. The summed E-state index contributed by atoms with van der Waals surface area (Å²) >= 11 is 0. The van der Waals surface area contributed by atoms with Gasteiger partial charge in [0.1, 0.15) is 12.2 Å². The summed E-state index contributed by atoms with van der Waals surface area (Å²) < 4.78 is 10.7. The first-order chi connectivity index (χ1) is 10.6. The number of aliphatic hydroxyl groups excluding tert-OH is 1. The summed E-state index contributed by atoms with van der Waals surface area (Å²) in [6, 6.07) is 7.20. The Bertz CT molecular complexity index is 669. The second kappa shape index (κ2) is 6.08. The molecule has 6 heteroatoms. The van der Waals surface area contributed by atoms with Gasteiger partial charge in [0, 0.05) is 31.3 Å². The van der Waals surface area contributed by atoms with E-state index >= 15 is 0 Å². The molecule has 0 radical (unpaired) electrons. The van der Waals surface area contributed by atoms with E-state index in [-0.39, 0.29) is 5.91 Å². The van der Waals surface area contributed by atoms with Crippen LogP contribution in [0.5, 0.6) is 0 Å². The lowest BCUT2D eigenvalue weighted by Crippen LogP contribution is -2.56. The average molecular weight is 304 g/mol. The van der Waals surface area contributed by atoms with Crippen molar-refractivity contribution in [1.29, 1.82) is 0 Å². The van der Waals surface area contributed by atoms with Gasteiger partial charge in [0.2, 0.25) is 0 Å². The zero-order valence-electron chi connectivity index (χ0n) is 12.7. The first-order valence-electron chi connectivity index (χ1n) is 7.25. The lowest BCUT2D eigenvalue weighted by molar-refractivity contribution is -0.135. The van der Waals surface area contributed by atoms with Gasteiger partial charge in [-0.15, -0.1) is 0 Å². The quantitative estimate of drug-likeness (QED) is 0.887. The van der Waals surface area contributed by atoms with Crippen LogP contribution in [0.25, 0.3) is 10.9 Å². The number of aromatic nitrogens is 1. The van der Waals surface area contributed by atoms with E-state index < -0.39 is 18.2 Å². The second-order valence-corrected chi connectivity index (χ2v) is 5.53. The number of amides is 1. The van der Waals surface area contributed by atoms with Gasteiger partial charge in [0.05, 0.1) is 24.8 Å². The summed E-state index contributed by atoms with van der Waals surface area (Å²) in [5.41, 5.74) is 1.50. The van der Waals surface area contributed by atoms with Crippen molar-refractivity contribution in [3.05, 3.63) is 36.0 Å². The molecule has 3 rings (SSSR count). The summed E-state index contributed by atoms with van der Waals surface area (Å²) in [7, 11) is 3.21. The zero-order chi connectivity index (χ0) is 15.7. The molecule has 1 amide bonds. The Hall–Kier alpha value is -1.89. The van der Waals surface area contributed by atoms with Crippen LogP contribution in [0, 0.1) is 0 Å². The molecule has 0 spiro atoms. The van der Waals surface area contributed by atoms with Crippen molar-refractivity contribution < 1.29 is 19.4 Å². The molecule has 0 unspecified atom stereocenters. The monoisotopic (exact) mass is 304 g/mol. The molecule has 1 fully saturated rings. The molecule has 6 nitrogen and oxygen atoms in total. The molecule has 0 bridgehead atoms. The summed E-state index contributed by atoms with van der Waals surface area (Å²) in [6.07, 6.45) is 0.516. The van der Waals surface area contributed by atoms with Gasteiger partial charge in [-0.05, 0) is 6.07 Å². The standard InChI is InChI=1S/C16H20N2O4/c1-18(13-8-22-9-14(21-2)15(13)19)16(20)11-7-17-12-6-4-3-5-10(11)12/h3-7,13-15,17,19H,8-9H2,1-2H3/t13-,14-,15+/m1/s1. The number of aromatic amines is 1. The molecule has 22 heavy (non-hydrogen) atoms. The lowest BCUT2D eigenvalue weighted by atomic mass is 10.0. The summed E-state index contributed by atoms with van der Waals surface area (Å²) in [6.45, 7) is 0.634. The highest BCUT2D eigenvalue weighted by Crippen LogP contribution is 2.22. The third kappa shape index (κ3) is 2.49. The Kier molecular flexibility index (Phi) is 4.15. The van der Waals surface area contributed by atoms with Crippen molar-refractivity contribution in [2.24, 2.45) is 0 Å². The van der Waals surface area contributed by atoms with Crippen molar-refractivity contribution in [2.75, 3.05) is 27.4 Å². The first-order valence-corrected chi connectivity index (χ1v) is 7.25. The van der Waals surface area contributed by atoms with E-state index in [9.17, 15) is 9.90 Å². The summed E-state index contributed by atoms with van der Waals surface area (Å²) in [5, 5.41) is 11.2. The molecule has 118 valence electrons. The van der Waals surface area contributed by atoms with Gasteiger partial charge in [0.15, 0.2) is 0 Å². The lowest BCUT2D eigenvalue weighted by Gasteiger charge is -2.38. The van der Waals surface area contributed by atoms with E-state index in [4.69, 9.17) is 9.47 Å². The summed E-state index contributed by atoms with van der Waals surface area (Å²) in [4.78, 5) is 17.4. The van der Waals surface area contributed by atoms with Gasteiger partial charge in [-0.3, -0.25) is 4.79 Å². The van der Waals surface area contributed by atoms with Crippen LogP contribution < -0.4 is 0 Å². The number of carbonyl (C=O) groups is 1. The van der Waals surface area contributed by atoms with Crippen LogP contribution in [0.15, 0.2) is 30.5 Å². The maximum Gasteiger partial charge on any atom is 0.256 e. The maximum atomic E-state index is 12.8. The highest BCUT2D eigenvalue weighted by atomic mass is 16.5. The summed E-state index contributed by atoms with van der Waals surface area (Å²) in [5.74, 6) is -0.151. The minimum atomic E-state index is -0.766. The first kappa shape index (κ1) is 15.0. The van der Waals surface area contributed by atoms with Crippen molar-refractivity contribution in [3.8, 4) is 0 Å². The predicted octanol–water partition coefficient (Wildman–Crippen LogP) is 1.01. The predicted molar refractivity (Wildman–Crippen MR) is 81.8 cm³/mol. The molecule has 2 heterocycles. The van der Waals surface area contributed by atoms with Gasteiger partial charge in [0.25, 0.3) is 5.91 Å². The van der Waals surface area contributed by atoms with Gasteiger partial charge in [-0.1, -0.05) is 18.2 Å². The fourth-order valence-corrected chi connectivity index (χ4v) is 2.89. The second-order valence-electron chi connectivity index (χ2n) is 5.53. The Labute approximate surface area is 128 Å². The highest BCUT2D eigenvalue weighted by molar-refractivity contribution is 6.06. The van der Waals surface area contributed by atoms with E-state index in [1.807, 2.05) is 24.3 Å². The van der Waals surface area contributed by atoms with Gasteiger partial charge >= 0.3 is 0 Å². The third-order valence-electron chi connectivity index (χ3n) is 4.29. The topological polar surface area (TPSA) is 74.8 Å². The smallest absolute Gasteiger partial charge is 0.256 e. The normalized spacial score (nSPS) is 25.3. The minimum absolute atomic E-state index is 0.151. The zero-order valence-corrected chi connectivity index (χ0v) is 12.7. The number of fused-ring (bicyclic) bond motifs is 1. The number of rotatable bonds is 3. The molecule has 0 aliphatic carbocycles. The number of para-hydroxylation sites is 1. The molecular weight excluding hydrogens is 284 g/mol. The van der Waals surface area contributed by atoms with Crippen LogP contribution in [0.1, 0.15) is 10.4 Å². The number of carbonyl (C=O) groups excluding carboxylic acids is 1. The van der Waals surface area contributed by atoms with E-state index in [1.54, 1.807) is 13.2 Å². The van der Waals surface area contributed by atoms with Crippen LogP contribution in [0.3, 0.4) is 0 Å². The molecule has 1 aliphatic rings. The number of hydrogen-bond donors (Lipinski definition) is 2. The van der Waals surface area contributed by atoms with Crippen LogP contribution in [-0.2, 0) is 9.47 Å². The Morgan fingerprint density at radius 3 is 2.95 bits per heavy atom. The molecule has 1 saturated heterocycles. The van der Waals surface area contributed by atoms with Gasteiger partial charge < -0.3 is 24.5 Å². The number of H-pyrrole nitrogens is 1. The fourth-order valence-electron chi connectivity index (χ4n) is 2.89. The highest BCUT2D eigenvalue weighted by Gasteiger charge is 2.37. The molecule has 3 atom stereocenters. The number of benzene rings is 1. The van der Waals surface area contributed by atoms with Gasteiger partial charge in [-0.25, -0.2) is 0 Å². The Balaban J connectivity index is 1.85. The van der Waals surface area contributed by atoms with Crippen LogP contribution in [0.4, 0.5) is 0 Å². The fraction of sp³-hybridized carbons (Fsp3) is 0.438. The number of aliphatic hydroxyl groups is 1. The maximum absolute atomic E-state index is 12.8. The number of hydrogen-bond acceptors (Lipinski definition) is 4. The molecule has 1 aromatic carbocycles.